The molecule has 3 nitrogen and oxygen atoms in total. The van der Waals surface area contributed by atoms with Crippen molar-refractivity contribution in [1.29, 1.82) is 0 Å². The number of hydrogen-bond acceptors (Lipinski definition) is 3. The molecule has 0 aliphatic heterocycles. The monoisotopic (exact) mass is 576 g/mol. The third-order valence-corrected chi connectivity index (χ3v) is 7.43. The van der Waals surface area contributed by atoms with E-state index in [4.69, 9.17) is 14.5 Å². The van der Waals surface area contributed by atoms with Crippen LogP contribution in [0.3, 0.4) is 0 Å². The molecule has 0 radical (unpaired) electrons. The van der Waals surface area contributed by atoms with Crippen molar-refractivity contribution in [3.63, 3.8) is 0 Å². The van der Waals surface area contributed by atoms with Gasteiger partial charge in [-0.3, -0.25) is 0 Å². The summed E-state index contributed by atoms with van der Waals surface area (Å²) in [6.45, 7) is 18.8. The van der Waals surface area contributed by atoms with Crippen molar-refractivity contribution in [3.05, 3.63) is 109 Å². The highest BCUT2D eigenvalue weighted by Crippen LogP contribution is 2.39. The van der Waals surface area contributed by atoms with E-state index in [1.54, 1.807) is 7.11 Å². The van der Waals surface area contributed by atoms with E-state index in [-0.39, 0.29) is 0 Å². The number of benzene rings is 4. The Morgan fingerprint density at radius 3 is 1.34 bits per heavy atom. The molecule has 0 saturated heterocycles. The lowest BCUT2D eigenvalue weighted by Gasteiger charge is -2.19. The Morgan fingerprint density at radius 1 is 0.561 bits per heavy atom. The van der Waals surface area contributed by atoms with Crippen molar-refractivity contribution in [3.8, 4) is 33.8 Å². The second-order valence-electron chi connectivity index (χ2n) is 8.45. The van der Waals surface area contributed by atoms with E-state index in [0.717, 1.165) is 42.3 Å². The zero-order chi connectivity index (χ0) is 31.0. The molecule has 4 aromatic rings. The minimum atomic E-state index is 0.695. The first kappa shape index (κ1) is 37.9. The van der Waals surface area contributed by atoms with Crippen LogP contribution in [0.1, 0.15) is 66.6 Å². The van der Waals surface area contributed by atoms with E-state index in [1.807, 2.05) is 108 Å². The lowest BCUT2D eigenvalue weighted by Crippen LogP contribution is -2.00. The smallest absolute Gasteiger partial charge is 0.180 e. The summed E-state index contributed by atoms with van der Waals surface area (Å²) < 4.78 is 5.15. The molecule has 0 fully saturated rings. The molecule has 4 aromatic carbocycles. The number of hydrogen-bond donors (Lipinski definition) is 0. The normalized spacial score (nSPS) is 10.4. The van der Waals surface area contributed by atoms with Gasteiger partial charge in [-0.1, -0.05) is 146 Å². The van der Waals surface area contributed by atoms with Gasteiger partial charge in [-0.15, -0.1) is 8.58 Å². The van der Waals surface area contributed by atoms with Crippen molar-refractivity contribution in [2.24, 2.45) is 5.92 Å². The fourth-order valence-electron chi connectivity index (χ4n) is 4.10. The summed E-state index contributed by atoms with van der Waals surface area (Å²) in [5, 5.41) is 0. The first-order valence-corrected chi connectivity index (χ1v) is 16.4. The molecule has 2 unspecified atom stereocenters. The summed E-state index contributed by atoms with van der Waals surface area (Å²) in [7, 11) is 4.19. The van der Waals surface area contributed by atoms with E-state index in [9.17, 15) is 0 Å². The lowest BCUT2D eigenvalue weighted by atomic mass is 9.97. The Morgan fingerprint density at radius 2 is 1.00 bits per heavy atom. The van der Waals surface area contributed by atoms with E-state index >= 15 is 0 Å². The van der Waals surface area contributed by atoms with Gasteiger partial charge < -0.3 is 9.62 Å². The Kier molecular flexibility index (Phi) is 21.8. The van der Waals surface area contributed by atoms with Gasteiger partial charge in [0.2, 0.25) is 0 Å². The van der Waals surface area contributed by atoms with Crippen molar-refractivity contribution < 1.29 is 14.5 Å². The van der Waals surface area contributed by atoms with Crippen LogP contribution in [0, 0.1) is 5.92 Å². The highest BCUT2D eigenvalue weighted by Gasteiger charge is 2.14. The molecule has 224 valence electrons. The molecule has 4 rings (SSSR count). The van der Waals surface area contributed by atoms with Gasteiger partial charge in [0.05, 0.1) is 14.2 Å². The molecule has 0 saturated carbocycles. The molecule has 41 heavy (non-hydrogen) atoms. The van der Waals surface area contributed by atoms with Gasteiger partial charge in [0, 0.05) is 16.8 Å². The standard InChI is InChI=1S/C19H16O2.C12H19OP.3C2H6/c1-20-21-19-17(15-9-4-2-5-10-15)13-8-14-18(19)16-11-6-3-7-12-16;1-9(2)12(14-4)10-5-7-11(13-3)8-6-10;3*1-2/h2-14H,1H3;5-9,12,14H,1-4H3;3*1-2H3. The highest BCUT2D eigenvalue weighted by molar-refractivity contribution is 7.37. The minimum Gasteiger partial charge on any atom is -0.497 e. The molecule has 0 aliphatic rings. The molecule has 4 heteroatoms. The first-order chi connectivity index (χ1) is 20.1. The van der Waals surface area contributed by atoms with E-state index in [2.05, 4.69) is 56.9 Å². The largest absolute Gasteiger partial charge is 0.497 e. The van der Waals surface area contributed by atoms with Gasteiger partial charge in [-0.05, 0) is 41.4 Å². The number of para-hydroxylation sites is 1. The van der Waals surface area contributed by atoms with Crippen LogP contribution in [0.15, 0.2) is 103 Å². The molecule has 0 N–H and O–H groups in total. The van der Waals surface area contributed by atoms with Crippen LogP contribution < -0.4 is 9.62 Å². The fraction of sp³-hybridized carbons (Fsp3) is 0.351. The first-order valence-electron chi connectivity index (χ1n) is 14.8. The van der Waals surface area contributed by atoms with Gasteiger partial charge >= 0.3 is 0 Å². The summed E-state index contributed by atoms with van der Waals surface area (Å²) in [6, 6.07) is 34.9. The maximum Gasteiger partial charge on any atom is 0.180 e. The average Bonchev–Trinajstić information content (AvgIpc) is 3.06. The zero-order valence-corrected chi connectivity index (χ0v) is 28.2. The molecule has 0 heterocycles. The number of rotatable bonds is 8. The van der Waals surface area contributed by atoms with E-state index < -0.39 is 0 Å². The van der Waals surface area contributed by atoms with Gasteiger partial charge in [0.15, 0.2) is 5.75 Å². The van der Waals surface area contributed by atoms with Gasteiger partial charge in [-0.25, -0.2) is 0 Å². The van der Waals surface area contributed by atoms with E-state index in [0.29, 0.717) is 11.6 Å². The predicted molar refractivity (Wildman–Crippen MR) is 184 cm³/mol. The average molecular weight is 577 g/mol. The van der Waals surface area contributed by atoms with E-state index in [1.165, 1.54) is 12.7 Å². The third-order valence-electron chi connectivity index (χ3n) is 5.80. The van der Waals surface area contributed by atoms with Crippen LogP contribution in [0.2, 0.25) is 0 Å². The minimum absolute atomic E-state index is 0.695. The number of methoxy groups -OCH3 is 1. The molecule has 0 amide bonds. The molecular formula is C37H53O3P. The molecule has 0 bridgehead atoms. The van der Waals surface area contributed by atoms with Gasteiger partial charge in [0.1, 0.15) is 5.75 Å². The van der Waals surface area contributed by atoms with Crippen molar-refractivity contribution in [2.75, 3.05) is 20.9 Å². The molecule has 0 aliphatic carbocycles. The summed E-state index contributed by atoms with van der Waals surface area (Å²) >= 11 is 0. The van der Waals surface area contributed by atoms with Gasteiger partial charge in [0.25, 0.3) is 0 Å². The van der Waals surface area contributed by atoms with Crippen LogP contribution in [-0.4, -0.2) is 20.9 Å². The maximum atomic E-state index is 5.48. The quantitative estimate of drug-likeness (QED) is 0.119. The number of ether oxygens (including phenoxy) is 1. The predicted octanol–water partition coefficient (Wildman–Crippen LogP) is 11.7. The molecule has 2 atom stereocenters. The Hall–Kier alpha value is -3.13. The van der Waals surface area contributed by atoms with Crippen molar-refractivity contribution in [2.45, 2.75) is 61.0 Å². The maximum absolute atomic E-state index is 5.48. The summed E-state index contributed by atoms with van der Waals surface area (Å²) in [4.78, 5) is 10.4. The fourth-order valence-corrected chi connectivity index (χ4v) is 5.29. The third kappa shape index (κ3) is 12.5. The van der Waals surface area contributed by atoms with Crippen LogP contribution in [0.5, 0.6) is 11.5 Å². The van der Waals surface area contributed by atoms with Crippen LogP contribution in [0.4, 0.5) is 0 Å². The summed E-state index contributed by atoms with van der Waals surface area (Å²) in [5.41, 5.74) is 6.35. The second kappa shape index (κ2) is 23.6. The Balaban J connectivity index is 0.000000698. The van der Waals surface area contributed by atoms with Crippen molar-refractivity contribution in [1.82, 2.24) is 0 Å². The highest BCUT2D eigenvalue weighted by atomic mass is 31.1. The second-order valence-corrected chi connectivity index (χ2v) is 9.65. The van der Waals surface area contributed by atoms with Crippen molar-refractivity contribution >= 4 is 8.58 Å². The Bertz CT molecular complexity index is 1090. The summed E-state index contributed by atoms with van der Waals surface area (Å²) in [6.07, 6.45) is 0. The Labute approximate surface area is 253 Å². The van der Waals surface area contributed by atoms with Crippen LogP contribution in [-0.2, 0) is 4.89 Å². The van der Waals surface area contributed by atoms with Gasteiger partial charge in [-0.2, -0.15) is 4.89 Å². The van der Waals surface area contributed by atoms with Crippen LogP contribution in [0.25, 0.3) is 22.3 Å². The SMILES string of the molecule is CC.CC.CC.COOc1c(-c2ccccc2)cccc1-c1ccccc1.COc1ccc(C(PC)C(C)C)cc1. The lowest BCUT2D eigenvalue weighted by molar-refractivity contribution is -0.177. The topological polar surface area (TPSA) is 27.7 Å². The molecule has 0 spiro atoms. The van der Waals surface area contributed by atoms with Crippen LogP contribution >= 0.6 is 8.58 Å². The molecule has 0 aromatic heterocycles. The zero-order valence-electron chi connectivity index (χ0n) is 27.2. The molecular weight excluding hydrogens is 523 g/mol. The summed E-state index contributed by atoms with van der Waals surface area (Å²) in [5.74, 6) is 2.39.